The SMILES string of the molecule is CCOC(=O)[C@@H]1CCCN(S(=O)(=O)c2c(C)nn(-c3ccc(F)cc3)c2C)C1. The van der Waals surface area contributed by atoms with Crippen molar-refractivity contribution in [2.24, 2.45) is 5.92 Å². The van der Waals surface area contributed by atoms with E-state index in [1.807, 2.05) is 0 Å². The van der Waals surface area contributed by atoms with Gasteiger partial charge in [-0.25, -0.2) is 17.5 Å². The largest absolute Gasteiger partial charge is 0.466 e. The van der Waals surface area contributed by atoms with Gasteiger partial charge in [0.1, 0.15) is 10.7 Å². The number of nitrogens with zero attached hydrogens (tertiary/aromatic N) is 3. The predicted molar refractivity (Wildman–Crippen MR) is 101 cm³/mol. The summed E-state index contributed by atoms with van der Waals surface area (Å²) in [4.78, 5) is 12.2. The van der Waals surface area contributed by atoms with E-state index in [0.717, 1.165) is 0 Å². The summed E-state index contributed by atoms with van der Waals surface area (Å²) in [6.45, 7) is 5.74. The molecule has 1 aliphatic heterocycles. The maximum atomic E-state index is 13.3. The molecule has 2 heterocycles. The number of piperidine rings is 1. The van der Waals surface area contributed by atoms with Gasteiger partial charge in [0, 0.05) is 13.1 Å². The Bertz CT molecular complexity index is 970. The van der Waals surface area contributed by atoms with E-state index in [9.17, 15) is 17.6 Å². The van der Waals surface area contributed by atoms with Crippen LogP contribution in [-0.2, 0) is 19.6 Å². The van der Waals surface area contributed by atoms with Gasteiger partial charge in [0.15, 0.2) is 0 Å². The number of halogens is 1. The third-order valence-electron chi connectivity index (χ3n) is 4.90. The monoisotopic (exact) mass is 409 g/mol. The molecule has 1 aliphatic rings. The number of hydrogen-bond donors (Lipinski definition) is 0. The van der Waals surface area contributed by atoms with Crippen LogP contribution in [0.3, 0.4) is 0 Å². The van der Waals surface area contributed by atoms with E-state index in [1.54, 1.807) is 32.9 Å². The molecule has 0 amide bonds. The van der Waals surface area contributed by atoms with Crippen molar-refractivity contribution in [3.63, 3.8) is 0 Å². The molecule has 2 aromatic rings. The molecule has 0 N–H and O–H groups in total. The number of carbonyl (C=O) groups excluding carboxylic acids is 1. The van der Waals surface area contributed by atoms with Crippen molar-refractivity contribution in [3.05, 3.63) is 41.5 Å². The Labute approximate surface area is 164 Å². The Morgan fingerprint density at radius 1 is 1.29 bits per heavy atom. The maximum Gasteiger partial charge on any atom is 0.310 e. The molecule has 1 fully saturated rings. The highest BCUT2D eigenvalue weighted by atomic mass is 32.2. The summed E-state index contributed by atoms with van der Waals surface area (Å²) in [5.74, 6) is -1.20. The van der Waals surface area contributed by atoms with Crippen molar-refractivity contribution in [2.45, 2.75) is 38.5 Å². The lowest BCUT2D eigenvalue weighted by atomic mass is 10.0. The fourth-order valence-electron chi connectivity index (χ4n) is 3.58. The Kier molecular flexibility index (Phi) is 5.85. The quantitative estimate of drug-likeness (QED) is 0.709. The van der Waals surface area contributed by atoms with E-state index in [0.29, 0.717) is 36.5 Å². The van der Waals surface area contributed by atoms with Gasteiger partial charge in [0.2, 0.25) is 10.0 Å². The first-order valence-corrected chi connectivity index (χ1v) is 10.7. The summed E-state index contributed by atoms with van der Waals surface area (Å²) in [5.41, 5.74) is 1.38. The minimum atomic E-state index is -3.83. The smallest absolute Gasteiger partial charge is 0.310 e. The lowest BCUT2D eigenvalue weighted by Gasteiger charge is -2.30. The van der Waals surface area contributed by atoms with Crippen molar-refractivity contribution in [3.8, 4) is 5.69 Å². The molecule has 1 saturated heterocycles. The molecule has 0 saturated carbocycles. The standard InChI is InChI=1S/C19H24FN3O4S/c1-4-27-19(24)15-6-5-11-22(12-15)28(25,26)18-13(2)21-23(14(18)3)17-9-7-16(20)8-10-17/h7-10,15H,4-6,11-12H2,1-3H3/t15-/m1/s1. The molecule has 0 bridgehead atoms. The molecule has 0 unspecified atom stereocenters. The van der Waals surface area contributed by atoms with Gasteiger partial charge < -0.3 is 4.74 Å². The molecule has 1 atom stereocenters. The second kappa shape index (κ2) is 8.00. The van der Waals surface area contributed by atoms with Gasteiger partial charge in [-0.15, -0.1) is 0 Å². The van der Waals surface area contributed by atoms with Crippen molar-refractivity contribution in [1.29, 1.82) is 0 Å². The second-order valence-electron chi connectivity index (χ2n) is 6.84. The zero-order valence-corrected chi connectivity index (χ0v) is 17.0. The average Bonchev–Trinajstić information content (AvgIpc) is 2.97. The highest BCUT2D eigenvalue weighted by Crippen LogP contribution is 2.29. The molecule has 152 valence electrons. The number of carbonyl (C=O) groups is 1. The minimum absolute atomic E-state index is 0.0990. The normalized spacial score (nSPS) is 18.2. The van der Waals surface area contributed by atoms with Crippen LogP contribution in [-0.4, -0.2) is 48.2 Å². The van der Waals surface area contributed by atoms with E-state index in [1.165, 1.54) is 21.1 Å². The van der Waals surface area contributed by atoms with Gasteiger partial charge >= 0.3 is 5.97 Å². The third-order valence-corrected chi connectivity index (χ3v) is 7.02. The Morgan fingerprint density at radius 2 is 1.96 bits per heavy atom. The number of hydrogen-bond acceptors (Lipinski definition) is 5. The van der Waals surface area contributed by atoms with Crippen LogP contribution < -0.4 is 0 Å². The van der Waals surface area contributed by atoms with Gasteiger partial charge in [0.05, 0.1) is 29.6 Å². The van der Waals surface area contributed by atoms with E-state index in [2.05, 4.69) is 5.10 Å². The Morgan fingerprint density at radius 3 is 2.61 bits per heavy atom. The number of aryl methyl sites for hydroxylation is 1. The summed E-state index contributed by atoms with van der Waals surface area (Å²) in [6, 6.07) is 5.69. The predicted octanol–water partition coefficient (Wildman–Crippen LogP) is 2.59. The Balaban J connectivity index is 1.94. The van der Waals surface area contributed by atoms with Crippen LogP contribution in [0.1, 0.15) is 31.2 Å². The molecule has 3 rings (SSSR count). The molecular formula is C19H24FN3O4S. The summed E-state index contributed by atoms with van der Waals surface area (Å²) < 4.78 is 47.7. The highest BCUT2D eigenvalue weighted by Gasteiger charge is 2.37. The van der Waals surface area contributed by atoms with E-state index >= 15 is 0 Å². The highest BCUT2D eigenvalue weighted by molar-refractivity contribution is 7.89. The summed E-state index contributed by atoms with van der Waals surface area (Å²) in [7, 11) is -3.83. The zero-order chi connectivity index (χ0) is 20.5. The first-order chi connectivity index (χ1) is 13.3. The number of rotatable bonds is 5. The van der Waals surface area contributed by atoms with Gasteiger partial charge in [-0.05, 0) is 57.9 Å². The second-order valence-corrected chi connectivity index (χ2v) is 8.72. The average molecular weight is 409 g/mol. The lowest BCUT2D eigenvalue weighted by Crippen LogP contribution is -2.43. The molecular weight excluding hydrogens is 385 g/mol. The summed E-state index contributed by atoms with van der Waals surface area (Å²) in [6.07, 6.45) is 1.20. The molecule has 1 aromatic heterocycles. The maximum absolute atomic E-state index is 13.3. The Hall–Kier alpha value is -2.26. The lowest BCUT2D eigenvalue weighted by molar-refractivity contribution is -0.149. The van der Waals surface area contributed by atoms with Gasteiger partial charge in [0.25, 0.3) is 0 Å². The van der Waals surface area contributed by atoms with Crippen molar-refractivity contribution in [2.75, 3.05) is 19.7 Å². The minimum Gasteiger partial charge on any atom is -0.466 e. The molecule has 28 heavy (non-hydrogen) atoms. The fourth-order valence-corrected chi connectivity index (χ4v) is 5.46. The van der Waals surface area contributed by atoms with Crippen molar-refractivity contribution < 1.29 is 22.3 Å². The molecule has 0 spiro atoms. The van der Waals surface area contributed by atoms with Crippen LogP contribution in [0.15, 0.2) is 29.2 Å². The third kappa shape index (κ3) is 3.81. The number of aromatic nitrogens is 2. The van der Waals surface area contributed by atoms with Crippen molar-refractivity contribution >= 4 is 16.0 Å². The van der Waals surface area contributed by atoms with Crippen LogP contribution in [0.4, 0.5) is 4.39 Å². The molecule has 0 radical (unpaired) electrons. The number of ether oxygens (including phenoxy) is 1. The van der Waals surface area contributed by atoms with Crippen molar-refractivity contribution in [1.82, 2.24) is 14.1 Å². The van der Waals surface area contributed by atoms with Crippen LogP contribution in [0, 0.1) is 25.6 Å². The van der Waals surface area contributed by atoms with E-state index < -0.39 is 15.9 Å². The first kappa shape index (κ1) is 20.5. The van der Waals surface area contributed by atoms with Crippen LogP contribution in [0.25, 0.3) is 5.69 Å². The number of sulfonamides is 1. The zero-order valence-electron chi connectivity index (χ0n) is 16.2. The number of benzene rings is 1. The number of esters is 1. The van der Waals surface area contributed by atoms with Crippen LogP contribution >= 0.6 is 0 Å². The fraction of sp³-hybridized carbons (Fsp3) is 0.474. The van der Waals surface area contributed by atoms with Crippen LogP contribution in [0.5, 0.6) is 0 Å². The summed E-state index contributed by atoms with van der Waals surface area (Å²) in [5, 5.41) is 4.35. The molecule has 1 aromatic carbocycles. The van der Waals surface area contributed by atoms with E-state index in [-0.39, 0.29) is 29.8 Å². The van der Waals surface area contributed by atoms with Crippen LogP contribution in [0.2, 0.25) is 0 Å². The van der Waals surface area contributed by atoms with Gasteiger partial charge in [-0.3, -0.25) is 4.79 Å². The van der Waals surface area contributed by atoms with E-state index in [4.69, 9.17) is 4.74 Å². The molecule has 0 aliphatic carbocycles. The summed E-state index contributed by atoms with van der Waals surface area (Å²) >= 11 is 0. The molecule has 9 heteroatoms. The first-order valence-electron chi connectivity index (χ1n) is 9.24. The topological polar surface area (TPSA) is 81.5 Å². The van der Waals surface area contributed by atoms with Gasteiger partial charge in [-0.2, -0.15) is 9.40 Å². The molecule has 7 nitrogen and oxygen atoms in total. The van der Waals surface area contributed by atoms with Gasteiger partial charge in [-0.1, -0.05) is 0 Å².